The van der Waals surface area contributed by atoms with Gasteiger partial charge in [-0.05, 0) is 19.3 Å². The number of hydrogen-bond acceptors (Lipinski definition) is 3. The molecule has 0 saturated heterocycles. The molecule has 3 heteroatoms. The zero-order valence-electron chi connectivity index (χ0n) is 9.90. The zero-order chi connectivity index (χ0) is 12.1. The van der Waals surface area contributed by atoms with Crippen LogP contribution in [0.15, 0.2) is 38.0 Å². The van der Waals surface area contributed by atoms with E-state index in [-0.39, 0.29) is 0 Å². The van der Waals surface area contributed by atoms with E-state index in [1.54, 1.807) is 18.2 Å². The van der Waals surface area contributed by atoms with Crippen LogP contribution in [0.4, 0.5) is 0 Å². The Morgan fingerprint density at radius 1 is 0.688 bits per heavy atom. The predicted molar refractivity (Wildman–Crippen MR) is 66.1 cm³/mol. The summed E-state index contributed by atoms with van der Waals surface area (Å²) in [6.45, 7) is 11.9. The Kier molecular flexibility index (Phi) is 11.5. The lowest BCUT2D eigenvalue weighted by Gasteiger charge is -2.17. The minimum atomic E-state index is -0.597. The first-order valence-corrected chi connectivity index (χ1v) is 5.52. The summed E-state index contributed by atoms with van der Waals surface area (Å²) in [5.74, 6) is 0. The van der Waals surface area contributed by atoms with Crippen molar-refractivity contribution in [1.29, 1.82) is 0 Å². The molecule has 92 valence electrons. The Balaban J connectivity index is 3.69. The molecule has 0 N–H and O–H groups in total. The fourth-order valence-electron chi connectivity index (χ4n) is 0.887. The summed E-state index contributed by atoms with van der Waals surface area (Å²) in [7, 11) is 0. The highest BCUT2D eigenvalue weighted by Gasteiger charge is 2.08. The molecule has 0 aliphatic rings. The minimum absolute atomic E-state index is 0.552. The molecule has 0 aromatic rings. The van der Waals surface area contributed by atoms with Crippen molar-refractivity contribution in [2.24, 2.45) is 0 Å². The van der Waals surface area contributed by atoms with Gasteiger partial charge in [0.15, 0.2) is 0 Å². The first-order valence-electron chi connectivity index (χ1n) is 5.52. The Hall–Kier alpha value is -0.900. The van der Waals surface area contributed by atoms with Gasteiger partial charge in [0, 0.05) is 0 Å². The predicted octanol–water partition coefficient (Wildman–Crippen LogP) is 3.05. The number of ether oxygens (including phenoxy) is 3. The van der Waals surface area contributed by atoms with Crippen LogP contribution in [-0.4, -0.2) is 26.3 Å². The third-order valence-electron chi connectivity index (χ3n) is 1.73. The minimum Gasteiger partial charge on any atom is -0.330 e. The third-order valence-corrected chi connectivity index (χ3v) is 1.73. The first-order chi connectivity index (χ1) is 7.85. The average molecular weight is 226 g/mol. The summed E-state index contributed by atoms with van der Waals surface area (Å²) >= 11 is 0. The summed E-state index contributed by atoms with van der Waals surface area (Å²) in [6.07, 6.45) is 7.74. The van der Waals surface area contributed by atoms with Gasteiger partial charge in [-0.25, -0.2) is 0 Å². The highest BCUT2D eigenvalue weighted by Crippen LogP contribution is 2.01. The molecule has 0 saturated carbocycles. The van der Waals surface area contributed by atoms with Gasteiger partial charge in [0.1, 0.15) is 0 Å². The lowest BCUT2D eigenvalue weighted by Crippen LogP contribution is -2.22. The molecular weight excluding hydrogens is 204 g/mol. The van der Waals surface area contributed by atoms with Crippen molar-refractivity contribution in [2.45, 2.75) is 25.7 Å². The molecule has 0 aliphatic heterocycles. The molecular formula is C13H22O3. The van der Waals surface area contributed by atoms with E-state index in [1.807, 2.05) is 0 Å². The third kappa shape index (κ3) is 9.65. The lowest BCUT2D eigenvalue weighted by molar-refractivity contribution is -0.286. The van der Waals surface area contributed by atoms with Crippen LogP contribution in [0.25, 0.3) is 0 Å². The molecule has 0 unspecified atom stereocenters. The fourth-order valence-corrected chi connectivity index (χ4v) is 0.887. The summed E-state index contributed by atoms with van der Waals surface area (Å²) in [4.78, 5) is 0. The molecule has 0 fully saturated rings. The maximum absolute atomic E-state index is 5.39. The van der Waals surface area contributed by atoms with Crippen LogP contribution in [0.1, 0.15) is 19.3 Å². The van der Waals surface area contributed by atoms with Gasteiger partial charge in [-0.3, -0.25) is 0 Å². The van der Waals surface area contributed by atoms with Gasteiger partial charge in [-0.2, -0.15) is 0 Å². The molecule has 0 heterocycles. The van der Waals surface area contributed by atoms with E-state index >= 15 is 0 Å². The van der Waals surface area contributed by atoms with Gasteiger partial charge in [0.2, 0.25) is 0 Å². The van der Waals surface area contributed by atoms with Crippen LogP contribution >= 0.6 is 0 Å². The standard InChI is InChI=1S/C13H22O3/c1-4-7-10-14-13(15-11-8-5-2)16-12-9-6-3/h4-6,13H,1-3,7-12H2. The van der Waals surface area contributed by atoms with Gasteiger partial charge in [-0.15, -0.1) is 19.7 Å². The van der Waals surface area contributed by atoms with Crippen LogP contribution in [-0.2, 0) is 14.2 Å². The quantitative estimate of drug-likeness (QED) is 0.291. The molecule has 0 radical (unpaired) electrons. The molecule has 0 atom stereocenters. The molecule has 0 rings (SSSR count). The van der Waals surface area contributed by atoms with Crippen LogP contribution in [0, 0.1) is 0 Å². The zero-order valence-corrected chi connectivity index (χ0v) is 9.90. The highest BCUT2D eigenvalue weighted by molar-refractivity contribution is 4.66. The lowest BCUT2D eigenvalue weighted by atomic mass is 10.4. The van der Waals surface area contributed by atoms with Crippen LogP contribution in [0.5, 0.6) is 0 Å². The molecule has 16 heavy (non-hydrogen) atoms. The fraction of sp³-hybridized carbons (Fsp3) is 0.538. The second-order valence-corrected chi connectivity index (χ2v) is 3.13. The topological polar surface area (TPSA) is 27.7 Å². The van der Waals surface area contributed by atoms with Crippen molar-refractivity contribution < 1.29 is 14.2 Å². The smallest absolute Gasteiger partial charge is 0.271 e. The van der Waals surface area contributed by atoms with Crippen molar-refractivity contribution in [1.82, 2.24) is 0 Å². The van der Waals surface area contributed by atoms with E-state index in [9.17, 15) is 0 Å². The maximum atomic E-state index is 5.39. The summed E-state index contributed by atoms with van der Waals surface area (Å²) < 4.78 is 16.2. The van der Waals surface area contributed by atoms with E-state index < -0.39 is 6.48 Å². The normalized spacial score (nSPS) is 10.3. The number of rotatable bonds is 12. The monoisotopic (exact) mass is 226 g/mol. The average Bonchev–Trinajstić information content (AvgIpc) is 2.29. The van der Waals surface area contributed by atoms with E-state index in [4.69, 9.17) is 14.2 Å². The Bertz CT molecular complexity index is 156. The molecule has 3 nitrogen and oxygen atoms in total. The molecule has 0 aromatic carbocycles. The van der Waals surface area contributed by atoms with Gasteiger partial charge in [-0.1, -0.05) is 18.2 Å². The second kappa shape index (κ2) is 12.2. The van der Waals surface area contributed by atoms with Crippen molar-refractivity contribution in [3.8, 4) is 0 Å². The SMILES string of the molecule is C=CCCOC(OCCC=C)OCCC=C. The Morgan fingerprint density at radius 3 is 1.25 bits per heavy atom. The number of hydrogen-bond donors (Lipinski definition) is 0. The summed E-state index contributed by atoms with van der Waals surface area (Å²) in [6, 6.07) is 0. The van der Waals surface area contributed by atoms with Crippen LogP contribution in [0.3, 0.4) is 0 Å². The van der Waals surface area contributed by atoms with E-state index in [0.29, 0.717) is 19.8 Å². The van der Waals surface area contributed by atoms with Crippen molar-refractivity contribution in [3.05, 3.63) is 38.0 Å². The molecule has 0 spiro atoms. The van der Waals surface area contributed by atoms with E-state index in [1.165, 1.54) is 0 Å². The van der Waals surface area contributed by atoms with Crippen molar-refractivity contribution in [3.63, 3.8) is 0 Å². The Labute approximate surface area is 98.4 Å². The van der Waals surface area contributed by atoms with Crippen LogP contribution < -0.4 is 0 Å². The largest absolute Gasteiger partial charge is 0.330 e. The van der Waals surface area contributed by atoms with E-state index in [2.05, 4.69) is 19.7 Å². The molecule has 0 aliphatic carbocycles. The molecule has 0 amide bonds. The summed E-state index contributed by atoms with van der Waals surface area (Å²) in [5, 5.41) is 0. The second-order valence-electron chi connectivity index (χ2n) is 3.13. The molecule has 0 aromatic heterocycles. The van der Waals surface area contributed by atoms with Gasteiger partial charge in [0.25, 0.3) is 6.48 Å². The van der Waals surface area contributed by atoms with Gasteiger partial charge >= 0.3 is 0 Å². The van der Waals surface area contributed by atoms with Gasteiger partial charge in [0.05, 0.1) is 19.8 Å². The maximum Gasteiger partial charge on any atom is 0.271 e. The van der Waals surface area contributed by atoms with Crippen LogP contribution in [0.2, 0.25) is 0 Å². The summed E-state index contributed by atoms with van der Waals surface area (Å²) in [5.41, 5.74) is 0. The molecule has 0 bridgehead atoms. The Morgan fingerprint density at radius 2 is 1.00 bits per heavy atom. The van der Waals surface area contributed by atoms with E-state index in [0.717, 1.165) is 19.3 Å². The highest BCUT2D eigenvalue weighted by atomic mass is 16.8. The van der Waals surface area contributed by atoms with Gasteiger partial charge < -0.3 is 14.2 Å². The van der Waals surface area contributed by atoms with Crippen molar-refractivity contribution in [2.75, 3.05) is 19.8 Å². The first kappa shape index (κ1) is 15.1. The van der Waals surface area contributed by atoms with Crippen molar-refractivity contribution >= 4 is 0 Å².